The van der Waals surface area contributed by atoms with Gasteiger partial charge >= 0.3 is 0 Å². The van der Waals surface area contributed by atoms with E-state index in [-0.39, 0.29) is 11.1 Å². The predicted molar refractivity (Wildman–Crippen MR) is 64.5 cm³/mol. The first kappa shape index (κ1) is 13.1. The van der Waals surface area contributed by atoms with Gasteiger partial charge in [0.1, 0.15) is 11.9 Å². The van der Waals surface area contributed by atoms with Crippen molar-refractivity contribution in [3.8, 4) is 0 Å². The Kier molecular flexibility index (Phi) is 3.73. The Labute approximate surface area is 110 Å². The van der Waals surface area contributed by atoms with E-state index in [2.05, 4.69) is 15.9 Å². The van der Waals surface area contributed by atoms with Gasteiger partial charge in [0.15, 0.2) is 11.6 Å². The maximum absolute atomic E-state index is 13.5. The van der Waals surface area contributed by atoms with Crippen molar-refractivity contribution in [3.05, 3.63) is 69.4 Å². The fourth-order valence-corrected chi connectivity index (χ4v) is 2.09. The molecule has 0 spiro atoms. The monoisotopic (exact) mass is 316 g/mol. The third-order valence-electron chi connectivity index (χ3n) is 2.53. The summed E-state index contributed by atoms with van der Waals surface area (Å²) < 4.78 is 40.1. The van der Waals surface area contributed by atoms with Gasteiger partial charge in [0.25, 0.3) is 0 Å². The molecule has 0 amide bonds. The molecule has 2 aromatic carbocycles. The Hall–Kier alpha value is -1.33. The van der Waals surface area contributed by atoms with Crippen LogP contribution in [0.15, 0.2) is 40.9 Å². The smallest absolute Gasteiger partial charge is 0.164 e. The van der Waals surface area contributed by atoms with Crippen LogP contribution in [0.2, 0.25) is 0 Å². The Balaban J connectivity index is 2.51. The summed E-state index contributed by atoms with van der Waals surface area (Å²) in [6, 6.07) is 7.14. The summed E-state index contributed by atoms with van der Waals surface area (Å²) in [4.78, 5) is 0. The van der Waals surface area contributed by atoms with Crippen molar-refractivity contribution >= 4 is 15.9 Å². The molecule has 0 aliphatic carbocycles. The van der Waals surface area contributed by atoms with Crippen molar-refractivity contribution in [2.24, 2.45) is 0 Å². The van der Waals surface area contributed by atoms with E-state index in [4.69, 9.17) is 0 Å². The second-order valence-electron chi connectivity index (χ2n) is 3.71. The zero-order chi connectivity index (χ0) is 13.3. The van der Waals surface area contributed by atoms with Gasteiger partial charge in [-0.15, -0.1) is 0 Å². The van der Waals surface area contributed by atoms with Gasteiger partial charge in [0.05, 0.1) is 0 Å². The van der Waals surface area contributed by atoms with Gasteiger partial charge in [-0.3, -0.25) is 0 Å². The van der Waals surface area contributed by atoms with Gasteiger partial charge in [-0.05, 0) is 24.3 Å². The number of aliphatic hydroxyl groups excluding tert-OH is 1. The lowest BCUT2D eigenvalue weighted by Gasteiger charge is -2.14. The Bertz CT molecular complexity index is 584. The summed E-state index contributed by atoms with van der Waals surface area (Å²) in [5.41, 5.74) is -0.0965. The van der Waals surface area contributed by atoms with Crippen LogP contribution in [0.1, 0.15) is 17.2 Å². The summed E-state index contributed by atoms with van der Waals surface area (Å²) in [5.74, 6) is -2.76. The minimum absolute atomic E-state index is 0.138. The van der Waals surface area contributed by atoms with Crippen LogP contribution in [0.4, 0.5) is 13.2 Å². The molecule has 94 valence electrons. The molecule has 0 aliphatic heterocycles. The van der Waals surface area contributed by atoms with E-state index < -0.39 is 23.6 Å². The highest BCUT2D eigenvalue weighted by Crippen LogP contribution is 2.31. The Morgan fingerprint density at radius 1 is 1.00 bits per heavy atom. The van der Waals surface area contributed by atoms with Gasteiger partial charge in [-0.1, -0.05) is 28.1 Å². The van der Waals surface area contributed by atoms with Crippen LogP contribution in [0.5, 0.6) is 0 Å². The molecule has 1 atom stereocenters. The molecule has 0 saturated carbocycles. The number of benzene rings is 2. The average molecular weight is 317 g/mol. The van der Waals surface area contributed by atoms with E-state index in [1.807, 2.05) is 0 Å². The van der Waals surface area contributed by atoms with Crippen molar-refractivity contribution in [3.63, 3.8) is 0 Å². The molecule has 5 heteroatoms. The van der Waals surface area contributed by atoms with Gasteiger partial charge in [0.2, 0.25) is 0 Å². The lowest BCUT2D eigenvalue weighted by molar-refractivity contribution is 0.212. The Morgan fingerprint density at radius 2 is 1.72 bits per heavy atom. The van der Waals surface area contributed by atoms with Crippen molar-refractivity contribution in [1.82, 2.24) is 0 Å². The minimum atomic E-state index is -1.44. The lowest BCUT2D eigenvalue weighted by atomic mass is 10.0. The number of aliphatic hydroxyl groups is 1. The normalized spacial score (nSPS) is 12.5. The fraction of sp³-hybridized carbons (Fsp3) is 0.0769. The lowest BCUT2D eigenvalue weighted by Crippen LogP contribution is -2.05. The predicted octanol–water partition coefficient (Wildman–Crippen LogP) is 3.95. The van der Waals surface area contributed by atoms with Crippen LogP contribution < -0.4 is 0 Å². The topological polar surface area (TPSA) is 20.2 Å². The molecule has 0 bridgehead atoms. The zero-order valence-corrected chi connectivity index (χ0v) is 10.6. The van der Waals surface area contributed by atoms with E-state index in [0.717, 1.165) is 12.1 Å². The van der Waals surface area contributed by atoms with Gasteiger partial charge in [-0.2, -0.15) is 0 Å². The van der Waals surface area contributed by atoms with E-state index in [1.165, 1.54) is 24.3 Å². The molecule has 18 heavy (non-hydrogen) atoms. The highest BCUT2D eigenvalue weighted by Gasteiger charge is 2.20. The highest BCUT2D eigenvalue weighted by molar-refractivity contribution is 9.10. The van der Waals surface area contributed by atoms with Crippen LogP contribution in [0, 0.1) is 17.5 Å². The van der Waals surface area contributed by atoms with Crippen LogP contribution in [0.25, 0.3) is 0 Å². The first-order valence-electron chi connectivity index (χ1n) is 5.07. The molecule has 0 aliphatic rings. The molecular weight excluding hydrogens is 309 g/mol. The van der Waals surface area contributed by atoms with Crippen LogP contribution >= 0.6 is 15.9 Å². The molecule has 1 unspecified atom stereocenters. The average Bonchev–Trinajstić information content (AvgIpc) is 2.35. The van der Waals surface area contributed by atoms with Gasteiger partial charge in [-0.25, -0.2) is 13.2 Å². The standard InChI is InChI=1S/C13H8BrF3O/c14-10-5-4-7(15)6-9(10)13(18)8-2-1-3-11(16)12(8)17/h1-6,13,18H. The molecule has 0 radical (unpaired) electrons. The quantitative estimate of drug-likeness (QED) is 0.889. The van der Waals surface area contributed by atoms with E-state index in [9.17, 15) is 18.3 Å². The third-order valence-corrected chi connectivity index (χ3v) is 3.25. The molecule has 0 heterocycles. The number of halogens is 4. The maximum atomic E-state index is 13.5. The maximum Gasteiger partial charge on any atom is 0.164 e. The molecular formula is C13H8BrF3O. The van der Waals surface area contributed by atoms with E-state index in [1.54, 1.807) is 0 Å². The summed E-state index contributed by atoms with van der Waals surface area (Å²) in [6.45, 7) is 0. The van der Waals surface area contributed by atoms with Crippen molar-refractivity contribution < 1.29 is 18.3 Å². The molecule has 2 aromatic rings. The van der Waals surface area contributed by atoms with Crippen molar-refractivity contribution in [1.29, 1.82) is 0 Å². The van der Waals surface area contributed by atoms with E-state index >= 15 is 0 Å². The third kappa shape index (κ3) is 2.42. The number of rotatable bonds is 2. The van der Waals surface area contributed by atoms with E-state index in [0.29, 0.717) is 4.47 Å². The molecule has 0 saturated heterocycles. The summed E-state index contributed by atoms with van der Waals surface area (Å²) in [5, 5.41) is 10.00. The molecule has 1 N–H and O–H groups in total. The number of hydrogen-bond acceptors (Lipinski definition) is 1. The van der Waals surface area contributed by atoms with Crippen molar-refractivity contribution in [2.75, 3.05) is 0 Å². The second-order valence-corrected chi connectivity index (χ2v) is 4.57. The summed E-state index contributed by atoms with van der Waals surface area (Å²) in [7, 11) is 0. The first-order chi connectivity index (χ1) is 8.50. The Morgan fingerprint density at radius 3 is 2.44 bits per heavy atom. The van der Waals surface area contributed by atoms with Crippen LogP contribution in [-0.2, 0) is 0 Å². The molecule has 0 aromatic heterocycles. The first-order valence-corrected chi connectivity index (χ1v) is 5.87. The fourth-order valence-electron chi connectivity index (χ4n) is 1.62. The largest absolute Gasteiger partial charge is 0.384 e. The second kappa shape index (κ2) is 5.12. The van der Waals surface area contributed by atoms with Gasteiger partial charge in [0, 0.05) is 15.6 Å². The summed E-state index contributed by atoms with van der Waals surface area (Å²) >= 11 is 3.13. The minimum Gasteiger partial charge on any atom is -0.384 e. The molecule has 1 nitrogen and oxygen atoms in total. The zero-order valence-electron chi connectivity index (χ0n) is 9.00. The van der Waals surface area contributed by atoms with Gasteiger partial charge < -0.3 is 5.11 Å². The molecule has 0 fully saturated rings. The SMILES string of the molecule is OC(c1cc(F)ccc1Br)c1cccc(F)c1F. The van der Waals surface area contributed by atoms with Crippen molar-refractivity contribution in [2.45, 2.75) is 6.10 Å². The number of hydrogen-bond donors (Lipinski definition) is 1. The summed E-state index contributed by atoms with van der Waals surface area (Å²) in [6.07, 6.45) is -1.44. The van der Waals surface area contributed by atoms with Crippen LogP contribution in [-0.4, -0.2) is 5.11 Å². The van der Waals surface area contributed by atoms with Crippen LogP contribution in [0.3, 0.4) is 0 Å². The highest BCUT2D eigenvalue weighted by atomic mass is 79.9. The molecule has 2 rings (SSSR count).